The Morgan fingerprint density at radius 3 is 1.94 bits per heavy atom. The molecule has 158 valence electrons. The van der Waals surface area contributed by atoms with Gasteiger partial charge >= 0.3 is 0 Å². The summed E-state index contributed by atoms with van der Waals surface area (Å²) in [6.07, 6.45) is 3.77. The Hall–Kier alpha value is -4.19. The molecule has 3 aromatic carbocycles. The van der Waals surface area contributed by atoms with Crippen molar-refractivity contribution in [2.45, 2.75) is 12.1 Å². The summed E-state index contributed by atoms with van der Waals surface area (Å²) in [6, 6.07) is 22.1. The van der Waals surface area contributed by atoms with E-state index in [-0.39, 0.29) is 5.91 Å². The van der Waals surface area contributed by atoms with Crippen molar-refractivity contribution in [1.29, 1.82) is 0 Å². The van der Waals surface area contributed by atoms with E-state index in [1.165, 1.54) is 0 Å². The zero-order valence-electron chi connectivity index (χ0n) is 17.3. The molecule has 0 saturated carbocycles. The van der Waals surface area contributed by atoms with Gasteiger partial charge in [0.15, 0.2) is 0 Å². The van der Waals surface area contributed by atoms with Crippen molar-refractivity contribution in [3.05, 3.63) is 102 Å². The largest absolute Gasteiger partial charge is 0.497 e. The quantitative estimate of drug-likeness (QED) is 0.462. The summed E-state index contributed by atoms with van der Waals surface area (Å²) in [5.41, 5.74) is 2.30. The summed E-state index contributed by atoms with van der Waals surface area (Å²) >= 11 is 0. The lowest BCUT2D eigenvalue weighted by molar-refractivity contribution is -0.128. The van der Waals surface area contributed by atoms with Gasteiger partial charge in [-0.2, -0.15) is 0 Å². The number of benzene rings is 3. The van der Waals surface area contributed by atoms with Crippen molar-refractivity contribution in [2.24, 2.45) is 0 Å². The van der Waals surface area contributed by atoms with Crippen LogP contribution in [0.25, 0.3) is 6.08 Å². The highest BCUT2D eigenvalue weighted by atomic mass is 16.5. The van der Waals surface area contributed by atoms with E-state index in [1.807, 2.05) is 42.5 Å². The van der Waals surface area contributed by atoms with Crippen LogP contribution in [0.1, 0.15) is 26.3 Å². The summed E-state index contributed by atoms with van der Waals surface area (Å²) in [7, 11) is 1.58. The van der Waals surface area contributed by atoms with Gasteiger partial charge in [-0.15, -0.1) is 0 Å². The minimum Gasteiger partial charge on any atom is -0.497 e. The number of imide groups is 1. The molecule has 3 amide bonds. The number of β-lactam (4-membered cyclic amide) rings is 1. The highest BCUT2D eigenvalue weighted by Gasteiger charge is 2.55. The molecule has 2 aliphatic rings. The monoisotopic (exact) mass is 424 g/mol. The highest BCUT2D eigenvalue weighted by molar-refractivity contribution is 6.24. The topological polar surface area (TPSA) is 66.9 Å². The summed E-state index contributed by atoms with van der Waals surface area (Å²) in [5, 5.41) is 0. The van der Waals surface area contributed by atoms with E-state index in [0.29, 0.717) is 22.6 Å². The normalized spacial score (nSPS) is 20.0. The fourth-order valence-electron chi connectivity index (χ4n) is 4.23. The molecule has 2 atom stereocenters. The lowest BCUT2D eigenvalue weighted by Gasteiger charge is -2.48. The second-order valence-corrected chi connectivity index (χ2v) is 7.64. The summed E-state index contributed by atoms with van der Waals surface area (Å²) in [6.45, 7) is 0. The van der Waals surface area contributed by atoms with Crippen LogP contribution in [0, 0.1) is 0 Å². The van der Waals surface area contributed by atoms with Crippen LogP contribution in [0.5, 0.6) is 5.75 Å². The third kappa shape index (κ3) is 3.08. The SMILES string of the molecule is COc1ccc(N2C(=O)[C@@H](N3C(=O)c4ccccc4C3=O)C2/C=C/c2ccccc2)cc1. The Bertz CT molecular complexity index is 1200. The predicted octanol–water partition coefficient (Wildman–Crippen LogP) is 3.79. The van der Waals surface area contributed by atoms with Crippen LogP contribution in [0.15, 0.2) is 84.9 Å². The van der Waals surface area contributed by atoms with Gasteiger partial charge in [0, 0.05) is 5.69 Å². The minimum absolute atomic E-state index is 0.299. The van der Waals surface area contributed by atoms with Crippen LogP contribution in [-0.2, 0) is 4.79 Å². The molecule has 32 heavy (non-hydrogen) atoms. The number of anilines is 1. The first-order valence-corrected chi connectivity index (χ1v) is 10.3. The van der Waals surface area contributed by atoms with E-state index in [1.54, 1.807) is 60.5 Å². The average Bonchev–Trinajstić information content (AvgIpc) is 3.08. The zero-order valence-corrected chi connectivity index (χ0v) is 17.3. The number of hydrogen-bond acceptors (Lipinski definition) is 4. The predicted molar refractivity (Wildman–Crippen MR) is 120 cm³/mol. The fraction of sp³-hybridized carbons (Fsp3) is 0.115. The second-order valence-electron chi connectivity index (χ2n) is 7.64. The van der Waals surface area contributed by atoms with E-state index in [9.17, 15) is 14.4 Å². The maximum Gasteiger partial charge on any atom is 0.262 e. The molecular weight excluding hydrogens is 404 g/mol. The van der Waals surface area contributed by atoms with Crippen LogP contribution >= 0.6 is 0 Å². The third-order valence-corrected chi connectivity index (χ3v) is 5.85. The van der Waals surface area contributed by atoms with Crippen LogP contribution < -0.4 is 9.64 Å². The molecule has 0 bridgehead atoms. The van der Waals surface area contributed by atoms with E-state index < -0.39 is 23.9 Å². The molecule has 1 saturated heterocycles. The second kappa shape index (κ2) is 7.81. The van der Waals surface area contributed by atoms with Crippen LogP contribution in [0.3, 0.4) is 0 Å². The molecule has 0 N–H and O–H groups in total. The van der Waals surface area contributed by atoms with E-state index in [4.69, 9.17) is 4.74 Å². The van der Waals surface area contributed by atoms with Gasteiger partial charge in [-0.05, 0) is 42.0 Å². The van der Waals surface area contributed by atoms with Gasteiger partial charge in [-0.1, -0.05) is 54.6 Å². The number of fused-ring (bicyclic) bond motifs is 1. The van der Waals surface area contributed by atoms with Gasteiger partial charge in [-0.25, -0.2) is 0 Å². The molecule has 0 aliphatic carbocycles. The van der Waals surface area contributed by atoms with Crippen molar-refractivity contribution >= 4 is 29.5 Å². The summed E-state index contributed by atoms with van der Waals surface area (Å²) in [4.78, 5) is 42.0. The Morgan fingerprint density at radius 1 is 0.750 bits per heavy atom. The Morgan fingerprint density at radius 2 is 1.34 bits per heavy atom. The molecule has 2 heterocycles. The maximum absolute atomic E-state index is 13.3. The first-order valence-electron chi connectivity index (χ1n) is 10.3. The van der Waals surface area contributed by atoms with E-state index >= 15 is 0 Å². The van der Waals surface area contributed by atoms with Gasteiger partial charge in [0.05, 0.1) is 24.3 Å². The van der Waals surface area contributed by atoms with Crippen LogP contribution in [0.4, 0.5) is 5.69 Å². The third-order valence-electron chi connectivity index (χ3n) is 5.85. The molecule has 0 radical (unpaired) electrons. The molecular formula is C26H20N2O4. The smallest absolute Gasteiger partial charge is 0.262 e. The van der Waals surface area contributed by atoms with Crippen molar-refractivity contribution in [2.75, 3.05) is 12.0 Å². The van der Waals surface area contributed by atoms with Gasteiger partial charge in [0.1, 0.15) is 11.8 Å². The molecule has 6 heteroatoms. The van der Waals surface area contributed by atoms with Crippen molar-refractivity contribution in [3.8, 4) is 5.75 Å². The maximum atomic E-state index is 13.3. The lowest BCUT2D eigenvalue weighted by Crippen LogP contribution is -2.71. The number of carbonyl (C=O) groups is 3. The molecule has 1 fully saturated rings. The molecule has 0 spiro atoms. The van der Waals surface area contributed by atoms with Gasteiger partial charge in [-0.3, -0.25) is 19.3 Å². The van der Waals surface area contributed by atoms with Gasteiger partial charge < -0.3 is 9.64 Å². The minimum atomic E-state index is -0.899. The Labute approximate surface area is 185 Å². The number of methoxy groups -OCH3 is 1. The van der Waals surface area contributed by atoms with Crippen LogP contribution in [0.2, 0.25) is 0 Å². The number of hydrogen-bond donors (Lipinski definition) is 0. The standard InChI is InChI=1S/C26H20N2O4/c1-32-19-14-12-18(13-15-19)27-22(16-11-17-7-3-2-4-8-17)23(26(27)31)28-24(29)20-9-5-6-10-21(20)25(28)30/h2-16,22-23H,1H3/b16-11+/t22?,23-/m0/s1. The number of ether oxygens (including phenoxy) is 1. The molecule has 0 aromatic heterocycles. The molecule has 5 rings (SSSR count). The number of amides is 3. The average molecular weight is 424 g/mol. The van der Waals surface area contributed by atoms with Crippen molar-refractivity contribution in [3.63, 3.8) is 0 Å². The first kappa shape index (κ1) is 19.8. The fourth-order valence-corrected chi connectivity index (χ4v) is 4.23. The molecule has 6 nitrogen and oxygen atoms in total. The Balaban J connectivity index is 1.51. The molecule has 1 unspecified atom stereocenters. The summed E-state index contributed by atoms with van der Waals surface area (Å²) < 4.78 is 5.21. The zero-order chi connectivity index (χ0) is 22.2. The lowest BCUT2D eigenvalue weighted by atomic mass is 9.91. The summed E-state index contributed by atoms with van der Waals surface area (Å²) in [5.74, 6) is -0.490. The number of carbonyl (C=O) groups excluding carboxylic acids is 3. The molecule has 3 aromatic rings. The van der Waals surface area contributed by atoms with E-state index in [2.05, 4.69) is 0 Å². The van der Waals surface area contributed by atoms with E-state index in [0.717, 1.165) is 10.5 Å². The van der Waals surface area contributed by atoms with Gasteiger partial charge in [0.2, 0.25) is 0 Å². The first-order chi connectivity index (χ1) is 15.6. The van der Waals surface area contributed by atoms with Crippen LogP contribution in [-0.4, -0.2) is 41.8 Å². The highest BCUT2D eigenvalue weighted by Crippen LogP contribution is 2.37. The number of nitrogens with zero attached hydrogens (tertiary/aromatic N) is 2. The number of rotatable bonds is 5. The van der Waals surface area contributed by atoms with Crippen molar-refractivity contribution < 1.29 is 19.1 Å². The van der Waals surface area contributed by atoms with Crippen molar-refractivity contribution in [1.82, 2.24) is 4.90 Å². The van der Waals surface area contributed by atoms with Gasteiger partial charge in [0.25, 0.3) is 17.7 Å². The molecule has 2 aliphatic heterocycles. The Kier molecular flexibility index (Phi) is 4.82.